The molecule has 0 amide bonds. The van der Waals surface area contributed by atoms with Crippen molar-refractivity contribution in [1.82, 2.24) is 15.0 Å². The molecule has 0 fully saturated rings. The molecule has 0 unspecified atom stereocenters. The number of aromatic nitrogens is 3. The summed E-state index contributed by atoms with van der Waals surface area (Å²) >= 11 is 1.79. The minimum Gasteiger partial charge on any atom is -0.208 e. The van der Waals surface area contributed by atoms with Gasteiger partial charge in [0.2, 0.25) is 0 Å². The van der Waals surface area contributed by atoms with Crippen molar-refractivity contribution in [2.24, 2.45) is 0 Å². The van der Waals surface area contributed by atoms with Gasteiger partial charge in [0.05, 0.1) is 0 Å². The van der Waals surface area contributed by atoms with Gasteiger partial charge in [-0.15, -0.1) is 11.3 Å². The highest BCUT2D eigenvalue weighted by Crippen LogP contribution is 2.43. The van der Waals surface area contributed by atoms with Crippen LogP contribution in [0.25, 0.3) is 120 Å². The molecule has 0 bridgehead atoms. The molecule has 0 aliphatic rings. The molecule has 2 heterocycles. The maximum atomic E-state index is 5.33. The Labute approximate surface area is 356 Å². The second kappa shape index (κ2) is 14.5. The van der Waals surface area contributed by atoms with E-state index in [0.717, 1.165) is 27.8 Å². The number of fused-ring (bicyclic) bond motifs is 7. The number of benzene rings is 10. The van der Waals surface area contributed by atoms with Crippen LogP contribution in [-0.4, -0.2) is 15.0 Å². The van der Waals surface area contributed by atoms with Gasteiger partial charge in [-0.3, -0.25) is 0 Å². The summed E-state index contributed by atoms with van der Waals surface area (Å²) in [5, 5.41) is 9.73. The summed E-state index contributed by atoms with van der Waals surface area (Å²) in [6.07, 6.45) is 0. The highest BCUT2D eigenvalue weighted by molar-refractivity contribution is 7.26. The number of hydrogen-bond donors (Lipinski definition) is 0. The summed E-state index contributed by atoms with van der Waals surface area (Å²) in [5.74, 6) is 1.95. The van der Waals surface area contributed by atoms with E-state index in [2.05, 4.69) is 194 Å². The molecule has 12 aromatic rings. The summed E-state index contributed by atoms with van der Waals surface area (Å²) in [6.45, 7) is 0. The lowest BCUT2D eigenvalue weighted by atomic mass is 9.88. The van der Waals surface area contributed by atoms with Crippen LogP contribution in [0, 0.1) is 0 Å². The quantitative estimate of drug-likeness (QED) is 0.157. The van der Waals surface area contributed by atoms with Crippen LogP contribution in [0.2, 0.25) is 0 Å². The first-order chi connectivity index (χ1) is 30.2. The topological polar surface area (TPSA) is 38.7 Å². The molecule has 2 aromatic heterocycles. The molecule has 4 heteroatoms. The van der Waals surface area contributed by atoms with Gasteiger partial charge in [0.25, 0.3) is 0 Å². The second-order valence-corrected chi connectivity index (χ2v) is 16.5. The average Bonchev–Trinajstić information content (AvgIpc) is 3.73. The van der Waals surface area contributed by atoms with Crippen molar-refractivity contribution < 1.29 is 0 Å². The zero-order valence-electron chi connectivity index (χ0n) is 33.0. The van der Waals surface area contributed by atoms with Gasteiger partial charge in [-0.05, 0) is 90.0 Å². The third-order valence-corrected chi connectivity index (χ3v) is 13.2. The number of rotatable bonds is 6. The summed E-state index contributed by atoms with van der Waals surface area (Å²) in [6, 6.07) is 75.9. The van der Waals surface area contributed by atoms with Crippen LogP contribution in [0.15, 0.2) is 212 Å². The maximum Gasteiger partial charge on any atom is 0.165 e. The van der Waals surface area contributed by atoms with Crippen molar-refractivity contribution in [2.75, 3.05) is 0 Å². The van der Waals surface area contributed by atoms with Crippen molar-refractivity contribution in [3.63, 3.8) is 0 Å². The molecule has 12 rings (SSSR count). The molecule has 0 aliphatic heterocycles. The Balaban J connectivity index is 1.03. The number of thiophene rings is 1. The van der Waals surface area contributed by atoms with E-state index in [-0.39, 0.29) is 0 Å². The fourth-order valence-electron chi connectivity index (χ4n) is 9.08. The molecule has 0 spiro atoms. The van der Waals surface area contributed by atoms with Crippen molar-refractivity contribution in [3.8, 4) is 67.5 Å². The standard InChI is InChI=1S/C57H35N3S/c1-3-16-36(17-4-1)40-32-33-41(43-21-8-7-20-42(40)43)38-30-31-39-35-52(45-23-10-9-22-44(45)51(39)34-38)46-24-11-12-26-49(46)56-58-55(37-18-5-2-6-19-37)59-57(60-56)50-28-15-27-48-47-25-13-14-29-53(47)61-54(48)50/h1-35H. The Hall–Kier alpha value is -7.79. The molecule has 284 valence electrons. The van der Waals surface area contributed by atoms with E-state index < -0.39 is 0 Å². The van der Waals surface area contributed by atoms with Gasteiger partial charge in [-0.2, -0.15) is 0 Å². The highest BCUT2D eigenvalue weighted by Gasteiger charge is 2.20. The van der Waals surface area contributed by atoms with Crippen molar-refractivity contribution >= 4 is 63.8 Å². The smallest absolute Gasteiger partial charge is 0.165 e. The van der Waals surface area contributed by atoms with E-state index in [4.69, 9.17) is 15.0 Å². The highest BCUT2D eigenvalue weighted by atomic mass is 32.1. The van der Waals surface area contributed by atoms with Gasteiger partial charge in [0, 0.05) is 36.9 Å². The monoisotopic (exact) mass is 793 g/mol. The Kier molecular flexibility index (Phi) is 8.36. The molecule has 10 aromatic carbocycles. The van der Waals surface area contributed by atoms with Crippen LogP contribution in [0.5, 0.6) is 0 Å². The van der Waals surface area contributed by atoms with Gasteiger partial charge in [0.15, 0.2) is 17.5 Å². The van der Waals surface area contributed by atoms with Crippen molar-refractivity contribution in [2.45, 2.75) is 0 Å². The van der Waals surface area contributed by atoms with E-state index in [1.54, 1.807) is 11.3 Å². The molecule has 61 heavy (non-hydrogen) atoms. The molecular weight excluding hydrogens is 759 g/mol. The van der Waals surface area contributed by atoms with E-state index in [0.29, 0.717) is 17.5 Å². The fraction of sp³-hybridized carbons (Fsp3) is 0. The van der Waals surface area contributed by atoms with E-state index >= 15 is 0 Å². The van der Waals surface area contributed by atoms with Gasteiger partial charge in [-0.25, -0.2) is 15.0 Å². The van der Waals surface area contributed by atoms with Crippen LogP contribution in [0.1, 0.15) is 0 Å². The minimum absolute atomic E-state index is 0.642. The van der Waals surface area contributed by atoms with Gasteiger partial charge < -0.3 is 0 Å². The minimum atomic E-state index is 0.642. The van der Waals surface area contributed by atoms with E-state index in [1.165, 1.54) is 74.7 Å². The predicted octanol–water partition coefficient (Wildman–Crippen LogP) is 15.7. The van der Waals surface area contributed by atoms with Crippen molar-refractivity contribution in [1.29, 1.82) is 0 Å². The molecule has 0 N–H and O–H groups in total. The van der Waals surface area contributed by atoms with E-state index in [9.17, 15) is 0 Å². The third kappa shape index (κ3) is 5.99. The lowest BCUT2D eigenvalue weighted by molar-refractivity contribution is 1.08. The molecule has 0 saturated heterocycles. The Morgan fingerprint density at radius 1 is 0.262 bits per heavy atom. The first-order valence-electron chi connectivity index (χ1n) is 20.6. The molecule has 0 atom stereocenters. The Morgan fingerprint density at radius 2 is 0.787 bits per heavy atom. The van der Waals surface area contributed by atoms with Crippen molar-refractivity contribution in [3.05, 3.63) is 212 Å². The van der Waals surface area contributed by atoms with Gasteiger partial charge >= 0.3 is 0 Å². The first kappa shape index (κ1) is 35.2. The Bertz CT molecular complexity index is 3650. The summed E-state index contributed by atoms with van der Waals surface area (Å²) in [5.41, 5.74) is 10.0. The van der Waals surface area contributed by atoms with Crippen LogP contribution in [-0.2, 0) is 0 Å². The van der Waals surface area contributed by atoms with Crippen LogP contribution >= 0.6 is 11.3 Å². The SMILES string of the molecule is c1ccc(-c2nc(-c3ccccc3-c3cc4ccc(-c5ccc(-c6ccccc6)c6ccccc56)cc4c4ccccc34)nc(-c3cccc4c3sc3ccccc34)n2)cc1. The molecule has 0 saturated carbocycles. The Morgan fingerprint density at radius 3 is 1.52 bits per heavy atom. The van der Waals surface area contributed by atoms with Crippen LogP contribution < -0.4 is 0 Å². The summed E-state index contributed by atoms with van der Waals surface area (Å²) < 4.78 is 2.42. The van der Waals surface area contributed by atoms with E-state index in [1.807, 2.05) is 18.2 Å². The van der Waals surface area contributed by atoms with Crippen LogP contribution in [0.4, 0.5) is 0 Å². The second-order valence-electron chi connectivity index (χ2n) is 15.5. The largest absolute Gasteiger partial charge is 0.208 e. The lowest BCUT2D eigenvalue weighted by Gasteiger charge is -2.16. The van der Waals surface area contributed by atoms with Gasteiger partial charge in [0.1, 0.15) is 0 Å². The van der Waals surface area contributed by atoms with Gasteiger partial charge in [-0.1, -0.05) is 188 Å². The first-order valence-corrected chi connectivity index (χ1v) is 21.4. The average molecular weight is 794 g/mol. The predicted molar refractivity (Wildman–Crippen MR) is 258 cm³/mol. The number of nitrogens with zero attached hydrogens (tertiary/aromatic N) is 3. The number of hydrogen-bond acceptors (Lipinski definition) is 4. The normalized spacial score (nSPS) is 11.6. The zero-order valence-corrected chi connectivity index (χ0v) is 33.8. The molecule has 0 aliphatic carbocycles. The maximum absolute atomic E-state index is 5.33. The fourth-order valence-corrected chi connectivity index (χ4v) is 10.3. The molecule has 0 radical (unpaired) electrons. The molecular formula is C57H35N3S. The lowest BCUT2D eigenvalue weighted by Crippen LogP contribution is -2.01. The summed E-state index contributed by atoms with van der Waals surface area (Å²) in [4.78, 5) is 15.7. The van der Waals surface area contributed by atoms with Crippen LogP contribution in [0.3, 0.4) is 0 Å². The third-order valence-electron chi connectivity index (χ3n) is 12.0. The molecule has 3 nitrogen and oxygen atoms in total. The summed E-state index contributed by atoms with van der Waals surface area (Å²) in [7, 11) is 0. The zero-order chi connectivity index (χ0) is 40.3.